The first kappa shape index (κ1) is 14.2. The van der Waals surface area contributed by atoms with E-state index in [0.29, 0.717) is 11.3 Å². The highest BCUT2D eigenvalue weighted by Crippen LogP contribution is 2.33. The van der Waals surface area contributed by atoms with Gasteiger partial charge in [-0.3, -0.25) is 10.1 Å². The number of nitro groups is 1. The Hall–Kier alpha value is -2.84. The number of rotatable bonds is 5. The lowest BCUT2D eigenvalue weighted by Crippen LogP contribution is -2.21. The highest BCUT2D eigenvalue weighted by atomic mass is 16.6. The van der Waals surface area contributed by atoms with Crippen molar-refractivity contribution < 1.29 is 14.4 Å². The minimum Gasteiger partial charge on any atom is -0.496 e. The molecule has 0 atom stereocenters. The number of ether oxygens (including phenoxy) is 2. The fraction of sp³-hybridized carbons (Fsp3) is 0.200. The van der Waals surface area contributed by atoms with Crippen LogP contribution < -0.4 is 20.9 Å². The monoisotopic (exact) mass is 267 g/mol. The molecule has 9 heteroatoms. The van der Waals surface area contributed by atoms with Crippen molar-refractivity contribution in [2.45, 2.75) is 0 Å². The topological polar surface area (TPSA) is 138 Å². The van der Waals surface area contributed by atoms with Crippen LogP contribution in [0.5, 0.6) is 11.5 Å². The van der Waals surface area contributed by atoms with Gasteiger partial charge in [-0.05, 0) is 0 Å². The lowest BCUT2D eigenvalue weighted by molar-refractivity contribution is -0.385. The van der Waals surface area contributed by atoms with Gasteiger partial charge < -0.3 is 20.9 Å². The molecule has 0 heterocycles. The summed E-state index contributed by atoms with van der Waals surface area (Å²) in [6.07, 6.45) is 1.24. The fourth-order valence-electron chi connectivity index (χ4n) is 1.31. The van der Waals surface area contributed by atoms with Gasteiger partial charge in [0.15, 0.2) is 0 Å². The number of benzene rings is 1. The molecule has 0 saturated carbocycles. The van der Waals surface area contributed by atoms with Gasteiger partial charge in [0.25, 0.3) is 0 Å². The zero-order valence-corrected chi connectivity index (χ0v) is 10.4. The van der Waals surface area contributed by atoms with Crippen LogP contribution in [-0.2, 0) is 0 Å². The van der Waals surface area contributed by atoms with Gasteiger partial charge in [-0.2, -0.15) is 5.10 Å². The largest absolute Gasteiger partial charge is 0.496 e. The van der Waals surface area contributed by atoms with Crippen LogP contribution in [0.4, 0.5) is 5.69 Å². The van der Waals surface area contributed by atoms with Crippen LogP contribution in [0, 0.1) is 10.1 Å². The molecule has 0 aromatic heterocycles. The normalized spacial score (nSPS) is 10.2. The standard InChI is InChI=1S/C10H13N5O4/c1-18-8-4-9(19-2)7(15(16)17)3-6(8)5-13-14-10(11)12/h3-5H,1-2H3,(H4,11,12,14)/b13-5+. The molecular formula is C10H13N5O4. The van der Waals surface area contributed by atoms with Crippen LogP contribution in [0.25, 0.3) is 0 Å². The van der Waals surface area contributed by atoms with Crippen molar-refractivity contribution in [2.75, 3.05) is 14.2 Å². The molecule has 102 valence electrons. The Bertz CT molecular complexity index is 537. The molecular weight excluding hydrogens is 254 g/mol. The van der Waals surface area contributed by atoms with Crippen molar-refractivity contribution in [1.29, 1.82) is 0 Å². The second-order valence-corrected chi connectivity index (χ2v) is 3.29. The third-order valence-corrected chi connectivity index (χ3v) is 2.10. The molecule has 0 fully saturated rings. The van der Waals surface area contributed by atoms with Gasteiger partial charge in [-0.25, -0.2) is 0 Å². The summed E-state index contributed by atoms with van der Waals surface area (Å²) in [7, 11) is 2.74. The molecule has 0 bridgehead atoms. The van der Waals surface area contributed by atoms with Gasteiger partial charge in [0.1, 0.15) is 5.75 Å². The molecule has 1 aromatic rings. The number of guanidine groups is 1. The number of nitro benzene ring substituents is 1. The predicted octanol–water partition coefficient (Wildman–Crippen LogP) is 0.219. The lowest BCUT2D eigenvalue weighted by Gasteiger charge is -2.07. The highest BCUT2D eigenvalue weighted by Gasteiger charge is 2.18. The number of nitrogens with zero attached hydrogens (tertiary/aromatic N) is 3. The van der Waals surface area contributed by atoms with Crippen molar-refractivity contribution >= 4 is 17.9 Å². The summed E-state index contributed by atoms with van der Waals surface area (Å²) < 4.78 is 9.99. The Balaban J connectivity index is 3.29. The van der Waals surface area contributed by atoms with Gasteiger partial charge in [0.2, 0.25) is 11.7 Å². The Labute approximate surface area is 108 Å². The smallest absolute Gasteiger partial charge is 0.311 e. The summed E-state index contributed by atoms with van der Waals surface area (Å²) in [5.41, 5.74) is 10.3. The average molecular weight is 267 g/mol. The minimum absolute atomic E-state index is 0.0841. The summed E-state index contributed by atoms with van der Waals surface area (Å²) in [4.78, 5) is 10.3. The molecule has 19 heavy (non-hydrogen) atoms. The fourth-order valence-corrected chi connectivity index (χ4v) is 1.31. The second-order valence-electron chi connectivity index (χ2n) is 3.29. The Morgan fingerprint density at radius 3 is 2.42 bits per heavy atom. The lowest BCUT2D eigenvalue weighted by atomic mass is 10.1. The molecule has 0 unspecified atom stereocenters. The zero-order chi connectivity index (χ0) is 14.4. The minimum atomic E-state index is -0.573. The van der Waals surface area contributed by atoms with Crippen molar-refractivity contribution in [3.8, 4) is 11.5 Å². The number of methoxy groups -OCH3 is 2. The highest BCUT2D eigenvalue weighted by molar-refractivity contribution is 5.86. The summed E-state index contributed by atoms with van der Waals surface area (Å²) >= 11 is 0. The van der Waals surface area contributed by atoms with Crippen molar-refractivity contribution in [1.82, 2.24) is 0 Å². The Morgan fingerprint density at radius 2 is 1.95 bits per heavy atom. The molecule has 0 amide bonds. The van der Waals surface area contributed by atoms with Gasteiger partial charge in [-0.15, -0.1) is 5.10 Å². The third kappa shape index (κ3) is 3.56. The Kier molecular flexibility index (Phi) is 4.63. The van der Waals surface area contributed by atoms with E-state index in [4.69, 9.17) is 20.9 Å². The van der Waals surface area contributed by atoms with Crippen LogP contribution in [0.3, 0.4) is 0 Å². The Morgan fingerprint density at radius 1 is 1.32 bits per heavy atom. The van der Waals surface area contributed by atoms with E-state index in [1.807, 2.05) is 0 Å². The maximum absolute atomic E-state index is 10.9. The SMILES string of the molecule is COc1cc(OC)c([N+](=O)[O-])cc1/C=N/N=C(N)N. The van der Waals surface area contributed by atoms with Crippen LogP contribution in [0.15, 0.2) is 22.3 Å². The molecule has 1 rings (SSSR count). The third-order valence-electron chi connectivity index (χ3n) is 2.10. The van der Waals surface area contributed by atoms with Crippen LogP contribution in [0.2, 0.25) is 0 Å². The first-order valence-electron chi connectivity index (χ1n) is 5.02. The maximum atomic E-state index is 10.9. The van der Waals surface area contributed by atoms with E-state index in [1.54, 1.807) is 0 Å². The molecule has 0 spiro atoms. The molecule has 0 aliphatic heterocycles. The maximum Gasteiger partial charge on any atom is 0.311 e. The number of hydrogen-bond donors (Lipinski definition) is 2. The van der Waals surface area contributed by atoms with Crippen LogP contribution in [-0.4, -0.2) is 31.3 Å². The van der Waals surface area contributed by atoms with Gasteiger partial charge in [0.05, 0.1) is 25.4 Å². The summed E-state index contributed by atoms with van der Waals surface area (Å²) in [5, 5.41) is 17.9. The summed E-state index contributed by atoms with van der Waals surface area (Å²) in [6, 6.07) is 2.64. The van der Waals surface area contributed by atoms with E-state index in [9.17, 15) is 10.1 Å². The molecule has 9 nitrogen and oxygen atoms in total. The van der Waals surface area contributed by atoms with E-state index < -0.39 is 4.92 Å². The van der Waals surface area contributed by atoms with E-state index in [1.165, 1.54) is 32.6 Å². The molecule has 0 aliphatic rings. The van der Waals surface area contributed by atoms with Gasteiger partial charge >= 0.3 is 5.69 Å². The van der Waals surface area contributed by atoms with Crippen LogP contribution in [0.1, 0.15) is 5.56 Å². The first-order chi connectivity index (χ1) is 8.99. The van der Waals surface area contributed by atoms with Crippen molar-refractivity contribution in [3.05, 3.63) is 27.8 Å². The van der Waals surface area contributed by atoms with E-state index in [-0.39, 0.29) is 17.4 Å². The van der Waals surface area contributed by atoms with Gasteiger partial charge in [0, 0.05) is 17.7 Å². The second kappa shape index (κ2) is 6.19. The number of nitrogens with two attached hydrogens (primary N) is 2. The zero-order valence-electron chi connectivity index (χ0n) is 10.4. The molecule has 0 aliphatic carbocycles. The van der Waals surface area contributed by atoms with E-state index in [2.05, 4.69) is 10.2 Å². The molecule has 0 saturated heterocycles. The van der Waals surface area contributed by atoms with Crippen LogP contribution >= 0.6 is 0 Å². The quantitative estimate of drug-likeness (QED) is 0.338. The first-order valence-corrected chi connectivity index (χ1v) is 5.02. The van der Waals surface area contributed by atoms with E-state index >= 15 is 0 Å². The van der Waals surface area contributed by atoms with E-state index in [0.717, 1.165) is 0 Å². The molecule has 0 radical (unpaired) electrons. The molecule has 1 aromatic carbocycles. The van der Waals surface area contributed by atoms with Gasteiger partial charge in [-0.1, -0.05) is 0 Å². The van der Waals surface area contributed by atoms with Crippen molar-refractivity contribution in [2.24, 2.45) is 21.7 Å². The summed E-state index contributed by atoms with van der Waals surface area (Å²) in [6.45, 7) is 0. The average Bonchev–Trinajstić information content (AvgIpc) is 2.37. The van der Waals surface area contributed by atoms with Crippen molar-refractivity contribution in [3.63, 3.8) is 0 Å². The number of hydrogen-bond acceptors (Lipinski definition) is 6. The molecule has 4 N–H and O–H groups in total. The predicted molar refractivity (Wildman–Crippen MR) is 69.6 cm³/mol. The summed E-state index contributed by atoms with van der Waals surface area (Å²) in [5.74, 6) is 0.205.